The van der Waals surface area contributed by atoms with Crippen molar-refractivity contribution in [3.05, 3.63) is 0 Å². The van der Waals surface area contributed by atoms with Crippen LogP contribution in [0.3, 0.4) is 0 Å². The molecule has 0 aliphatic rings. The first-order chi connectivity index (χ1) is 5.81. The van der Waals surface area contributed by atoms with Gasteiger partial charge in [0, 0.05) is 0 Å². The minimum atomic E-state index is -0.941. The molecule has 0 rings (SSSR count). The second-order valence-electron chi connectivity index (χ2n) is 3.37. The largest absolute Gasteiger partial charge is 0.368 e. The zero-order valence-electron chi connectivity index (χ0n) is 8.26. The molecule has 0 bridgehead atoms. The Hall–Kier alpha value is -1.10. The summed E-state index contributed by atoms with van der Waals surface area (Å²) in [5.41, 5.74) is 9.68. The third-order valence-corrected chi connectivity index (χ3v) is 2.03. The molecular weight excluding hydrogens is 170 g/mol. The summed E-state index contributed by atoms with van der Waals surface area (Å²) in [4.78, 5) is 22.0. The second kappa shape index (κ2) is 4.23. The van der Waals surface area contributed by atoms with Crippen LogP contribution in [0.5, 0.6) is 0 Å². The summed E-state index contributed by atoms with van der Waals surface area (Å²) in [6.07, 6.45) is 0.504. The normalized spacial score (nSPS) is 17.2. The lowest BCUT2D eigenvalue weighted by atomic mass is 9.99. The van der Waals surface area contributed by atoms with Gasteiger partial charge in [0.25, 0.3) is 0 Å². The molecule has 0 heterocycles. The molecule has 5 heteroatoms. The molecule has 0 saturated carbocycles. The predicted molar refractivity (Wildman–Crippen MR) is 49.7 cm³/mol. The van der Waals surface area contributed by atoms with Crippen LogP contribution in [0.25, 0.3) is 0 Å². The molecule has 0 aliphatic carbocycles. The highest BCUT2D eigenvalue weighted by Gasteiger charge is 2.27. The van der Waals surface area contributed by atoms with Crippen molar-refractivity contribution in [1.29, 1.82) is 0 Å². The maximum Gasteiger partial charge on any atom is 0.240 e. The Morgan fingerprint density at radius 3 is 2.31 bits per heavy atom. The lowest BCUT2D eigenvalue weighted by molar-refractivity contribution is -0.130. The standard InChI is InChI=1S/C8H17N3O2/c1-4-8(3,10)7(13)11-5(2)6(9)12/h5H,4,10H2,1-3H3,(H2,9,12)(H,11,13). The number of primary amides is 1. The molecule has 5 N–H and O–H groups in total. The molecule has 0 aromatic rings. The Balaban J connectivity index is 4.23. The number of hydrogen-bond donors (Lipinski definition) is 3. The van der Waals surface area contributed by atoms with Crippen LogP contribution in [0.2, 0.25) is 0 Å². The maximum atomic E-state index is 11.4. The van der Waals surface area contributed by atoms with Crippen LogP contribution in [0.15, 0.2) is 0 Å². The first-order valence-electron chi connectivity index (χ1n) is 4.20. The van der Waals surface area contributed by atoms with Crippen molar-refractivity contribution < 1.29 is 9.59 Å². The molecule has 0 aliphatic heterocycles. The van der Waals surface area contributed by atoms with Crippen molar-refractivity contribution in [2.75, 3.05) is 0 Å². The third-order valence-electron chi connectivity index (χ3n) is 2.03. The van der Waals surface area contributed by atoms with Gasteiger partial charge in [0.2, 0.25) is 11.8 Å². The van der Waals surface area contributed by atoms with Gasteiger partial charge in [0.15, 0.2) is 0 Å². The van der Waals surface area contributed by atoms with Gasteiger partial charge >= 0.3 is 0 Å². The van der Waals surface area contributed by atoms with Gasteiger partial charge in [-0.05, 0) is 20.3 Å². The molecule has 5 nitrogen and oxygen atoms in total. The van der Waals surface area contributed by atoms with Crippen LogP contribution in [-0.4, -0.2) is 23.4 Å². The van der Waals surface area contributed by atoms with Crippen molar-refractivity contribution in [1.82, 2.24) is 5.32 Å². The third kappa shape index (κ3) is 3.42. The number of carbonyl (C=O) groups excluding carboxylic acids is 2. The summed E-state index contributed by atoms with van der Waals surface area (Å²) in [6, 6.07) is -0.679. The molecule has 0 aromatic carbocycles. The zero-order valence-corrected chi connectivity index (χ0v) is 8.26. The van der Waals surface area contributed by atoms with Gasteiger partial charge in [-0.15, -0.1) is 0 Å². The maximum absolute atomic E-state index is 11.4. The second-order valence-corrected chi connectivity index (χ2v) is 3.37. The van der Waals surface area contributed by atoms with Gasteiger partial charge in [-0.2, -0.15) is 0 Å². The molecule has 0 fully saturated rings. The van der Waals surface area contributed by atoms with Gasteiger partial charge in [-0.25, -0.2) is 0 Å². The molecular formula is C8H17N3O2. The van der Waals surface area contributed by atoms with Crippen LogP contribution in [0.1, 0.15) is 27.2 Å². The van der Waals surface area contributed by atoms with Crippen molar-refractivity contribution in [2.24, 2.45) is 11.5 Å². The zero-order chi connectivity index (χ0) is 10.6. The molecule has 2 atom stereocenters. The van der Waals surface area contributed by atoms with Crippen LogP contribution >= 0.6 is 0 Å². The minimum Gasteiger partial charge on any atom is -0.368 e. The topological polar surface area (TPSA) is 98.2 Å². The molecule has 2 amide bonds. The first-order valence-corrected chi connectivity index (χ1v) is 4.20. The SMILES string of the molecule is CCC(C)(N)C(=O)NC(C)C(N)=O. The van der Waals surface area contributed by atoms with Gasteiger partial charge in [-0.1, -0.05) is 6.92 Å². The highest BCUT2D eigenvalue weighted by Crippen LogP contribution is 2.04. The van der Waals surface area contributed by atoms with Gasteiger partial charge in [0.05, 0.1) is 5.54 Å². The predicted octanol–water partition coefficient (Wildman–Crippen LogP) is -0.896. The Bertz CT molecular complexity index is 213. The smallest absolute Gasteiger partial charge is 0.240 e. The van der Waals surface area contributed by atoms with Crippen LogP contribution < -0.4 is 16.8 Å². The van der Waals surface area contributed by atoms with E-state index >= 15 is 0 Å². The molecule has 2 unspecified atom stereocenters. The summed E-state index contributed by atoms with van der Waals surface area (Å²) in [7, 11) is 0. The molecule has 0 aromatic heterocycles. The van der Waals surface area contributed by atoms with E-state index in [4.69, 9.17) is 11.5 Å². The summed E-state index contributed by atoms with van der Waals surface area (Å²) < 4.78 is 0. The fraction of sp³-hybridized carbons (Fsp3) is 0.750. The number of carbonyl (C=O) groups is 2. The average molecular weight is 187 g/mol. The van der Waals surface area contributed by atoms with E-state index in [-0.39, 0.29) is 5.91 Å². The number of nitrogens with two attached hydrogens (primary N) is 2. The Morgan fingerprint density at radius 2 is 2.00 bits per heavy atom. The van der Waals surface area contributed by atoms with E-state index in [0.29, 0.717) is 6.42 Å². The summed E-state index contributed by atoms with van der Waals surface area (Å²) in [5, 5.41) is 2.43. The van der Waals surface area contributed by atoms with E-state index < -0.39 is 17.5 Å². The highest BCUT2D eigenvalue weighted by atomic mass is 16.2. The highest BCUT2D eigenvalue weighted by molar-refractivity contribution is 5.90. The Kier molecular flexibility index (Phi) is 3.87. The quantitative estimate of drug-likeness (QED) is 0.532. The van der Waals surface area contributed by atoms with Gasteiger partial charge in [0.1, 0.15) is 6.04 Å². The van der Waals surface area contributed by atoms with E-state index in [0.717, 1.165) is 0 Å². The van der Waals surface area contributed by atoms with Crippen LogP contribution in [0.4, 0.5) is 0 Å². The molecule has 0 radical (unpaired) electrons. The Labute approximate surface area is 77.8 Å². The molecule has 13 heavy (non-hydrogen) atoms. The lowest BCUT2D eigenvalue weighted by Crippen LogP contribution is -2.55. The monoisotopic (exact) mass is 187 g/mol. The minimum absolute atomic E-state index is 0.360. The molecule has 0 saturated heterocycles. The van der Waals surface area contributed by atoms with Crippen molar-refractivity contribution in [3.8, 4) is 0 Å². The molecule has 0 spiro atoms. The van der Waals surface area contributed by atoms with E-state index in [1.807, 2.05) is 0 Å². The number of rotatable bonds is 4. The molecule has 76 valence electrons. The van der Waals surface area contributed by atoms with E-state index in [1.54, 1.807) is 13.8 Å². The average Bonchev–Trinajstić information content (AvgIpc) is 2.04. The summed E-state index contributed by atoms with van der Waals surface area (Å²) in [5.74, 6) is -0.929. The number of nitrogens with one attached hydrogen (secondary N) is 1. The van der Waals surface area contributed by atoms with Crippen molar-refractivity contribution in [3.63, 3.8) is 0 Å². The lowest BCUT2D eigenvalue weighted by Gasteiger charge is -2.23. The van der Waals surface area contributed by atoms with Crippen molar-refractivity contribution in [2.45, 2.75) is 38.8 Å². The summed E-state index contributed by atoms with van der Waals surface area (Å²) in [6.45, 7) is 4.93. The number of hydrogen-bond acceptors (Lipinski definition) is 3. The van der Waals surface area contributed by atoms with Crippen molar-refractivity contribution >= 4 is 11.8 Å². The fourth-order valence-corrected chi connectivity index (χ4v) is 0.593. The van der Waals surface area contributed by atoms with Crippen LogP contribution in [-0.2, 0) is 9.59 Å². The number of amides is 2. The van der Waals surface area contributed by atoms with Crippen LogP contribution in [0, 0.1) is 0 Å². The summed E-state index contributed by atoms with van der Waals surface area (Å²) >= 11 is 0. The van der Waals surface area contributed by atoms with E-state index in [1.165, 1.54) is 6.92 Å². The van der Waals surface area contributed by atoms with Gasteiger partial charge in [-0.3, -0.25) is 9.59 Å². The Morgan fingerprint density at radius 1 is 1.54 bits per heavy atom. The van der Waals surface area contributed by atoms with E-state index in [9.17, 15) is 9.59 Å². The first kappa shape index (κ1) is 11.9. The van der Waals surface area contributed by atoms with Gasteiger partial charge < -0.3 is 16.8 Å². The van der Waals surface area contributed by atoms with E-state index in [2.05, 4.69) is 5.32 Å². The fourth-order valence-electron chi connectivity index (χ4n) is 0.593.